The fourth-order valence-corrected chi connectivity index (χ4v) is 3.81. The molecular formula is C19H23NO4. The molecule has 2 aliphatic rings. The van der Waals surface area contributed by atoms with Crippen molar-refractivity contribution >= 4 is 11.7 Å². The minimum atomic E-state index is -0.289. The molecule has 0 saturated heterocycles. The molecule has 0 radical (unpaired) electrons. The van der Waals surface area contributed by atoms with Gasteiger partial charge in [-0.25, -0.2) is 0 Å². The van der Waals surface area contributed by atoms with Crippen molar-refractivity contribution in [1.82, 2.24) is 5.32 Å². The van der Waals surface area contributed by atoms with Crippen LogP contribution in [-0.4, -0.2) is 25.9 Å². The van der Waals surface area contributed by atoms with Gasteiger partial charge in [-0.3, -0.25) is 9.59 Å². The minimum absolute atomic E-state index is 0.0610. The Labute approximate surface area is 142 Å². The molecule has 0 spiro atoms. The fraction of sp³-hybridized carbons (Fsp3) is 0.474. The van der Waals surface area contributed by atoms with E-state index in [2.05, 4.69) is 19.2 Å². The van der Waals surface area contributed by atoms with Crippen molar-refractivity contribution in [3.05, 3.63) is 35.0 Å². The van der Waals surface area contributed by atoms with Gasteiger partial charge in [0.25, 0.3) is 0 Å². The van der Waals surface area contributed by atoms with E-state index in [0.717, 1.165) is 16.8 Å². The molecule has 1 atom stereocenters. The largest absolute Gasteiger partial charge is 0.493 e. The summed E-state index contributed by atoms with van der Waals surface area (Å²) in [6, 6.07) is 5.58. The summed E-state index contributed by atoms with van der Waals surface area (Å²) in [6.45, 7) is 4.10. The number of nitrogens with one attached hydrogen (secondary N) is 1. The van der Waals surface area contributed by atoms with Crippen LogP contribution >= 0.6 is 0 Å². The number of hydrogen-bond donors (Lipinski definition) is 1. The van der Waals surface area contributed by atoms with Gasteiger partial charge in [-0.1, -0.05) is 26.0 Å². The Bertz CT molecular complexity index is 733. The molecule has 3 rings (SSSR count). The molecule has 1 aliphatic heterocycles. The van der Waals surface area contributed by atoms with E-state index in [1.54, 1.807) is 14.2 Å². The molecule has 0 saturated carbocycles. The highest BCUT2D eigenvalue weighted by molar-refractivity contribution is 6.02. The number of benzene rings is 1. The number of Topliss-reactive ketones (excluding diaryl/α,β-unsaturated/α-hetero) is 1. The molecule has 0 unspecified atom stereocenters. The van der Waals surface area contributed by atoms with Crippen molar-refractivity contribution in [3.8, 4) is 11.5 Å². The highest BCUT2D eigenvalue weighted by Gasteiger charge is 2.41. The van der Waals surface area contributed by atoms with Gasteiger partial charge in [0.2, 0.25) is 5.91 Å². The highest BCUT2D eigenvalue weighted by Crippen LogP contribution is 2.47. The molecule has 1 N–H and O–H groups in total. The van der Waals surface area contributed by atoms with Gasteiger partial charge in [-0.15, -0.1) is 0 Å². The van der Waals surface area contributed by atoms with Crippen LogP contribution in [0.4, 0.5) is 0 Å². The quantitative estimate of drug-likeness (QED) is 0.926. The highest BCUT2D eigenvalue weighted by atomic mass is 16.5. The zero-order chi connectivity index (χ0) is 17.5. The van der Waals surface area contributed by atoms with Crippen molar-refractivity contribution in [3.63, 3.8) is 0 Å². The van der Waals surface area contributed by atoms with Gasteiger partial charge in [0.15, 0.2) is 17.3 Å². The summed E-state index contributed by atoms with van der Waals surface area (Å²) < 4.78 is 10.9. The zero-order valence-corrected chi connectivity index (χ0v) is 14.6. The van der Waals surface area contributed by atoms with Crippen LogP contribution in [0, 0.1) is 5.41 Å². The summed E-state index contributed by atoms with van der Waals surface area (Å²) in [4.78, 5) is 25.1. The molecule has 1 amide bonds. The van der Waals surface area contributed by atoms with Crippen LogP contribution in [0.5, 0.6) is 11.5 Å². The lowest BCUT2D eigenvalue weighted by atomic mass is 9.70. The second-order valence-electron chi connectivity index (χ2n) is 7.22. The van der Waals surface area contributed by atoms with E-state index in [4.69, 9.17) is 9.47 Å². The number of rotatable bonds is 3. The summed E-state index contributed by atoms with van der Waals surface area (Å²) >= 11 is 0. The topological polar surface area (TPSA) is 64.6 Å². The van der Waals surface area contributed by atoms with Crippen LogP contribution in [0.1, 0.15) is 44.6 Å². The van der Waals surface area contributed by atoms with E-state index < -0.39 is 0 Å². The first-order valence-corrected chi connectivity index (χ1v) is 8.13. The standard InChI is InChI=1S/C19H23NO4/c1-19(2)9-13-17(14(21)10-19)12(8-16(22)20-13)11-6-5-7-15(23-3)18(11)24-4/h5-7,12H,8-10H2,1-4H3,(H,20,22)/t12-/m1/s1. The predicted octanol–water partition coefficient (Wildman–Crippen LogP) is 2.95. The number of amides is 1. The maximum atomic E-state index is 12.8. The van der Waals surface area contributed by atoms with E-state index >= 15 is 0 Å². The van der Waals surface area contributed by atoms with Crippen LogP contribution in [0.25, 0.3) is 0 Å². The van der Waals surface area contributed by atoms with Crippen molar-refractivity contribution in [1.29, 1.82) is 0 Å². The molecule has 0 bridgehead atoms. The fourth-order valence-electron chi connectivity index (χ4n) is 3.81. The third-order valence-corrected chi connectivity index (χ3v) is 4.76. The van der Waals surface area contributed by atoms with Crippen LogP contribution in [0.2, 0.25) is 0 Å². The smallest absolute Gasteiger partial charge is 0.225 e. The monoisotopic (exact) mass is 329 g/mol. The molecule has 5 nitrogen and oxygen atoms in total. The van der Waals surface area contributed by atoms with Gasteiger partial charge in [-0.2, -0.15) is 0 Å². The van der Waals surface area contributed by atoms with E-state index in [1.165, 1.54) is 0 Å². The van der Waals surface area contributed by atoms with Crippen LogP contribution in [0.15, 0.2) is 29.5 Å². The Morgan fingerprint density at radius 2 is 1.88 bits per heavy atom. The van der Waals surface area contributed by atoms with E-state index in [-0.39, 0.29) is 29.4 Å². The van der Waals surface area contributed by atoms with E-state index in [0.29, 0.717) is 24.3 Å². The molecule has 128 valence electrons. The van der Waals surface area contributed by atoms with Gasteiger partial charge in [0, 0.05) is 35.6 Å². The number of para-hydroxylation sites is 1. The Morgan fingerprint density at radius 1 is 1.12 bits per heavy atom. The molecule has 1 aromatic carbocycles. The van der Waals surface area contributed by atoms with Crippen LogP contribution in [0.3, 0.4) is 0 Å². The Kier molecular flexibility index (Phi) is 4.11. The number of methoxy groups -OCH3 is 2. The maximum Gasteiger partial charge on any atom is 0.225 e. The number of ketones is 1. The molecule has 0 fully saturated rings. The molecule has 1 heterocycles. The number of hydrogen-bond acceptors (Lipinski definition) is 4. The molecule has 1 aliphatic carbocycles. The second-order valence-corrected chi connectivity index (χ2v) is 7.22. The first-order valence-electron chi connectivity index (χ1n) is 8.13. The number of carbonyl (C=O) groups excluding carboxylic acids is 2. The second kappa shape index (κ2) is 5.96. The Hall–Kier alpha value is -2.30. The number of ether oxygens (including phenoxy) is 2. The van der Waals surface area contributed by atoms with Crippen LogP contribution < -0.4 is 14.8 Å². The SMILES string of the molecule is COc1cccc([C@H]2CC(=O)NC3=C2C(=O)CC(C)(C)C3)c1OC. The summed E-state index contributed by atoms with van der Waals surface area (Å²) in [7, 11) is 3.15. The lowest BCUT2D eigenvalue weighted by Gasteiger charge is -2.38. The molecule has 5 heteroatoms. The van der Waals surface area contributed by atoms with Gasteiger partial charge in [-0.05, 0) is 17.9 Å². The first kappa shape index (κ1) is 16.6. The third-order valence-electron chi connectivity index (χ3n) is 4.76. The summed E-state index contributed by atoms with van der Waals surface area (Å²) in [5.74, 6) is 0.948. The van der Waals surface area contributed by atoms with Gasteiger partial charge >= 0.3 is 0 Å². The van der Waals surface area contributed by atoms with Gasteiger partial charge < -0.3 is 14.8 Å². The Morgan fingerprint density at radius 3 is 2.54 bits per heavy atom. The molecular weight excluding hydrogens is 306 g/mol. The predicted molar refractivity (Wildman–Crippen MR) is 90.1 cm³/mol. The number of allylic oxidation sites excluding steroid dienone is 2. The molecule has 0 aromatic heterocycles. The zero-order valence-electron chi connectivity index (χ0n) is 14.6. The normalized spacial score (nSPS) is 22.8. The van der Waals surface area contributed by atoms with Gasteiger partial charge in [0.05, 0.1) is 14.2 Å². The van der Waals surface area contributed by atoms with Gasteiger partial charge in [0.1, 0.15) is 0 Å². The number of carbonyl (C=O) groups is 2. The molecule has 24 heavy (non-hydrogen) atoms. The van der Waals surface area contributed by atoms with Crippen molar-refractivity contribution in [2.75, 3.05) is 14.2 Å². The van der Waals surface area contributed by atoms with E-state index in [1.807, 2.05) is 18.2 Å². The average Bonchev–Trinajstić information content (AvgIpc) is 2.51. The van der Waals surface area contributed by atoms with Crippen molar-refractivity contribution in [2.24, 2.45) is 5.41 Å². The van der Waals surface area contributed by atoms with Crippen molar-refractivity contribution in [2.45, 2.75) is 39.0 Å². The third kappa shape index (κ3) is 2.79. The first-order chi connectivity index (χ1) is 11.4. The Balaban J connectivity index is 2.14. The van der Waals surface area contributed by atoms with E-state index in [9.17, 15) is 9.59 Å². The van der Waals surface area contributed by atoms with Crippen LogP contribution in [-0.2, 0) is 9.59 Å². The summed E-state index contributed by atoms with van der Waals surface area (Å²) in [6.07, 6.45) is 1.43. The minimum Gasteiger partial charge on any atom is -0.493 e. The summed E-state index contributed by atoms with van der Waals surface area (Å²) in [5.41, 5.74) is 2.18. The average molecular weight is 329 g/mol. The summed E-state index contributed by atoms with van der Waals surface area (Å²) in [5, 5.41) is 2.92. The van der Waals surface area contributed by atoms with Crippen molar-refractivity contribution < 1.29 is 19.1 Å². The lowest BCUT2D eigenvalue weighted by Crippen LogP contribution is -2.40. The molecule has 1 aromatic rings. The maximum absolute atomic E-state index is 12.8. The lowest BCUT2D eigenvalue weighted by molar-refractivity contribution is -0.122.